The lowest BCUT2D eigenvalue weighted by Gasteiger charge is -2.14. The average Bonchev–Trinajstić information content (AvgIpc) is 2.73. The zero-order chi connectivity index (χ0) is 21.5. The maximum absolute atomic E-state index is 5.56. The van der Waals surface area contributed by atoms with Crippen molar-refractivity contribution in [2.45, 2.75) is 6.92 Å². The molecule has 1 aromatic heterocycles. The molecule has 3 aromatic rings. The molecule has 158 valence electrons. The summed E-state index contributed by atoms with van der Waals surface area (Å²) in [4.78, 5) is 12.8. The fraction of sp³-hybridized carbons (Fsp3) is 0.250. The highest BCUT2D eigenvalue weighted by molar-refractivity contribution is 9.10. The van der Waals surface area contributed by atoms with Crippen LogP contribution in [0.4, 0.5) is 23.3 Å². The molecule has 30 heavy (non-hydrogen) atoms. The minimum Gasteiger partial charge on any atom is -0.494 e. The van der Waals surface area contributed by atoms with E-state index in [9.17, 15) is 0 Å². The average molecular weight is 476 g/mol. The van der Waals surface area contributed by atoms with Gasteiger partial charge in [-0.1, -0.05) is 15.9 Å². The molecule has 0 saturated carbocycles. The molecule has 0 saturated heterocycles. The van der Waals surface area contributed by atoms with Gasteiger partial charge in [-0.25, -0.2) is 9.97 Å². The van der Waals surface area contributed by atoms with Crippen molar-refractivity contribution < 1.29 is 18.9 Å². The lowest BCUT2D eigenvalue weighted by atomic mass is 10.2. The summed E-state index contributed by atoms with van der Waals surface area (Å²) in [5, 5.41) is 6.27. The summed E-state index contributed by atoms with van der Waals surface area (Å²) >= 11 is 3.47. The second kappa shape index (κ2) is 9.97. The van der Waals surface area contributed by atoms with Crippen molar-refractivity contribution in [2.24, 2.45) is 0 Å². The van der Waals surface area contributed by atoms with Gasteiger partial charge in [-0.2, -0.15) is 4.98 Å². The molecule has 10 heteroatoms. The van der Waals surface area contributed by atoms with Gasteiger partial charge in [-0.15, -0.1) is 0 Å². The molecule has 0 unspecified atom stereocenters. The minimum atomic E-state index is 0.349. The second-order valence-corrected chi connectivity index (χ2v) is 6.82. The van der Waals surface area contributed by atoms with Crippen LogP contribution >= 0.6 is 15.9 Å². The Labute approximate surface area is 182 Å². The van der Waals surface area contributed by atoms with Crippen molar-refractivity contribution in [3.05, 3.63) is 41.1 Å². The van der Waals surface area contributed by atoms with Gasteiger partial charge in [-0.3, -0.25) is 0 Å². The van der Waals surface area contributed by atoms with Gasteiger partial charge < -0.3 is 29.6 Å². The van der Waals surface area contributed by atoms with Crippen LogP contribution in [0.1, 0.15) is 6.92 Å². The van der Waals surface area contributed by atoms with Crippen LogP contribution in [0.2, 0.25) is 0 Å². The second-order valence-electron chi connectivity index (χ2n) is 5.91. The minimum absolute atomic E-state index is 0.349. The summed E-state index contributed by atoms with van der Waals surface area (Å²) < 4.78 is 22.5. The number of benzene rings is 2. The number of ether oxygens (including phenoxy) is 4. The van der Waals surface area contributed by atoms with Crippen LogP contribution in [0.3, 0.4) is 0 Å². The maximum Gasteiger partial charge on any atom is 0.232 e. The quantitative estimate of drug-likeness (QED) is 0.461. The molecule has 0 radical (unpaired) electrons. The Bertz CT molecular complexity index is 993. The van der Waals surface area contributed by atoms with Gasteiger partial charge in [0.2, 0.25) is 17.6 Å². The van der Waals surface area contributed by atoms with Crippen LogP contribution < -0.4 is 29.6 Å². The third kappa shape index (κ3) is 5.20. The Morgan fingerprint density at radius 3 is 1.97 bits per heavy atom. The Morgan fingerprint density at radius 1 is 0.833 bits per heavy atom. The molecule has 0 spiro atoms. The van der Waals surface area contributed by atoms with Crippen LogP contribution in [-0.2, 0) is 0 Å². The SMILES string of the molecule is CCOc1cc(Br)cc(Nc2ncnc(Nc3cc(OC)c(OC)c(OC)c3)n2)c1. The van der Waals surface area contributed by atoms with Crippen molar-refractivity contribution in [3.63, 3.8) is 0 Å². The van der Waals surface area contributed by atoms with Crippen molar-refractivity contribution in [2.75, 3.05) is 38.6 Å². The Morgan fingerprint density at radius 2 is 1.43 bits per heavy atom. The highest BCUT2D eigenvalue weighted by Crippen LogP contribution is 2.40. The molecule has 9 nitrogen and oxygen atoms in total. The van der Waals surface area contributed by atoms with Crippen LogP contribution in [0.25, 0.3) is 0 Å². The van der Waals surface area contributed by atoms with Gasteiger partial charge in [0.1, 0.15) is 12.1 Å². The van der Waals surface area contributed by atoms with E-state index in [4.69, 9.17) is 18.9 Å². The van der Waals surface area contributed by atoms with Crippen LogP contribution in [0, 0.1) is 0 Å². The zero-order valence-corrected chi connectivity index (χ0v) is 18.6. The van der Waals surface area contributed by atoms with E-state index >= 15 is 0 Å². The van der Waals surface area contributed by atoms with Crippen molar-refractivity contribution in [3.8, 4) is 23.0 Å². The van der Waals surface area contributed by atoms with E-state index in [-0.39, 0.29) is 0 Å². The van der Waals surface area contributed by atoms with Crippen molar-refractivity contribution >= 4 is 39.2 Å². The van der Waals surface area contributed by atoms with Gasteiger partial charge in [0.25, 0.3) is 0 Å². The molecule has 3 rings (SSSR count). The standard InChI is InChI=1S/C20H22BrN5O4/c1-5-30-15-7-12(21)6-13(8-15)24-19-22-11-23-20(26-19)25-14-9-16(27-2)18(29-4)17(10-14)28-3/h6-11H,5H2,1-4H3,(H2,22,23,24,25,26). The molecule has 0 amide bonds. The Kier molecular flexibility index (Phi) is 7.12. The van der Waals surface area contributed by atoms with Gasteiger partial charge in [0, 0.05) is 34.0 Å². The molecule has 2 aromatic carbocycles. The molecular weight excluding hydrogens is 454 g/mol. The molecule has 0 aliphatic rings. The summed E-state index contributed by atoms with van der Waals surface area (Å²) in [6.07, 6.45) is 1.41. The highest BCUT2D eigenvalue weighted by Gasteiger charge is 2.14. The van der Waals surface area contributed by atoms with E-state index in [0.717, 1.165) is 15.9 Å². The summed E-state index contributed by atoms with van der Waals surface area (Å²) in [7, 11) is 4.66. The van der Waals surface area contributed by atoms with Crippen molar-refractivity contribution in [1.29, 1.82) is 0 Å². The monoisotopic (exact) mass is 475 g/mol. The number of anilines is 4. The topological polar surface area (TPSA) is 99.7 Å². The third-order valence-electron chi connectivity index (χ3n) is 3.93. The number of hydrogen-bond donors (Lipinski definition) is 2. The number of aromatic nitrogens is 3. The summed E-state index contributed by atoms with van der Waals surface area (Å²) in [5.74, 6) is 3.00. The van der Waals surface area contributed by atoms with Crippen LogP contribution in [0.15, 0.2) is 41.1 Å². The fourth-order valence-electron chi connectivity index (χ4n) is 2.71. The van der Waals surface area contributed by atoms with E-state index in [2.05, 4.69) is 41.5 Å². The predicted octanol–water partition coefficient (Wildman–Crippen LogP) is 4.55. The molecule has 0 aliphatic carbocycles. The van der Waals surface area contributed by atoms with E-state index in [1.807, 2.05) is 25.1 Å². The number of halogens is 1. The Hall–Kier alpha value is -3.27. The smallest absolute Gasteiger partial charge is 0.232 e. The zero-order valence-electron chi connectivity index (χ0n) is 17.0. The molecule has 1 heterocycles. The van der Waals surface area contributed by atoms with Gasteiger partial charge in [0.05, 0.1) is 27.9 Å². The van der Waals surface area contributed by atoms with Crippen molar-refractivity contribution in [1.82, 2.24) is 15.0 Å². The first-order valence-electron chi connectivity index (χ1n) is 9.02. The molecule has 0 fully saturated rings. The number of methoxy groups -OCH3 is 3. The fourth-order valence-corrected chi connectivity index (χ4v) is 3.19. The first-order chi connectivity index (χ1) is 14.6. The lowest BCUT2D eigenvalue weighted by molar-refractivity contribution is 0.324. The molecule has 0 bridgehead atoms. The number of nitrogens with zero attached hydrogens (tertiary/aromatic N) is 3. The maximum atomic E-state index is 5.56. The Balaban J connectivity index is 1.83. The number of rotatable bonds is 9. The predicted molar refractivity (Wildman–Crippen MR) is 118 cm³/mol. The number of nitrogens with one attached hydrogen (secondary N) is 2. The summed E-state index contributed by atoms with van der Waals surface area (Å²) in [6.45, 7) is 2.51. The normalized spacial score (nSPS) is 10.3. The highest BCUT2D eigenvalue weighted by atomic mass is 79.9. The summed E-state index contributed by atoms with van der Waals surface area (Å²) in [6, 6.07) is 9.18. The molecule has 2 N–H and O–H groups in total. The molecular formula is C20H22BrN5O4. The third-order valence-corrected chi connectivity index (χ3v) is 4.39. The largest absolute Gasteiger partial charge is 0.494 e. The van der Waals surface area contributed by atoms with Crippen LogP contribution in [0.5, 0.6) is 23.0 Å². The summed E-state index contributed by atoms with van der Waals surface area (Å²) in [5.41, 5.74) is 1.44. The first-order valence-corrected chi connectivity index (χ1v) is 9.82. The van der Waals surface area contributed by atoms with E-state index < -0.39 is 0 Å². The van der Waals surface area contributed by atoms with E-state index in [1.165, 1.54) is 6.33 Å². The van der Waals surface area contributed by atoms with Gasteiger partial charge in [0.15, 0.2) is 11.5 Å². The van der Waals surface area contributed by atoms with Crippen LogP contribution in [-0.4, -0.2) is 42.9 Å². The lowest BCUT2D eigenvalue weighted by Crippen LogP contribution is -2.04. The number of hydrogen-bond acceptors (Lipinski definition) is 9. The first kappa shape index (κ1) is 21.4. The van der Waals surface area contributed by atoms with E-state index in [1.54, 1.807) is 33.5 Å². The van der Waals surface area contributed by atoms with E-state index in [0.29, 0.717) is 41.4 Å². The molecule has 0 aliphatic heterocycles. The van der Waals surface area contributed by atoms with Gasteiger partial charge >= 0.3 is 0 Å². The molecule has 0 atom stereocenters. The van der Waals surface area contributed by atoms with Gasteiger partial charge in [-0.05, 0) is 19.1 Å².